The predicted molar refractivity (Wildman–Crippen MR) is 43.2 cm³/mol. The van der Waals surface area contributed by atoms with Crippen molar-refractivity contribution in [3.63, 3.8) is 0 Å². The molecule has 14 heavy (non-hydrogen) atoms. The van der Waals surface area contributed by atoms with E-state index in [4.69, 9.17) is 9.66 Å². The first-order chi connectivity index (χ1) is 5.91. The van der Waals surface area contributed by atoms with E-state index in [2.05, 4.69) is 0 Å². The van der Waals surface area contributed by atoms with Crippen LogP contribution in [0.2, 0.25) is 0 Å². The van der Waals surface area contributed by atoms with Crippen LogP contribution in [0.25, 0.3) is 0 Å². The number of carboxylic acids is 1. The van der Waals surface area contributed by atoms with Gasteiger partial charge in [0.15, 0.2) is 0 Å². The summed E-state index contributed by atoms with van der Waals surface area (Å²) in [6, 6.07) is 4.48. The van der Waals surface area contributed by atoms with Crippen LogP contribution in [0.4, 0.5) is 0 Å². The number of hydrogen-bond acceptors (Lipinski definition) is 3. The van der Waals surface area contributed by atoms with Gasteiger partial charge in [-0.25, -0.2) is 4.79 Å². The molecule has 7 heteroatoms. The van der Waals surface area contributed by atoms with Crippen molar-refractivity contribution in [2.75, 3.05) is 0 Å². The first-order valence-corrected chi connectivity index (χ1v) is 4.66. The minimum atomic E-state index is -4.32. The van der Waals surface area contributed by atoms with Crippen LogP contribution in [0.5, 0.6) is 0 Å². The van der Waals surface area contributed by atoms with Gasteiger partial charge in [-0.1, -0.05) is 6.07 Å². The summed E-state index contributed by atoms with van der Waals surface area (Å²) in [4.78, 5) is 9.98. The Bertz CT molecular complexity index is 439. The minimum Gasteiger partial charge on any atom is -0.478 e. The summed E-state index contributed by atoms with van der Waals surface area (Å²) in [6.07, 6.45) is 0. The Labute approximate surface area is 103 Å². The van der Waals surface area contributed by atoms with Gasteiger partial charge in [-0.3, -0.25) is 4.55 Å². The van der Waals surface area contributed by atoms with Crippen molar-refractivity contribution in [2.45, 2.75) is 4.90 Å². The molecule has 0 fully saturated rings. The van der Waals surface area contributed by atoms with Crippen molar-refractivity contribution in [1.82, 2.24) is 0 Å². The molecule has 0 saturated carbocycles. The molecule has 1 rings (SSSR count). The molecular formula is C7H6NaO5S+. The molecule has 0 unspecified atom stereocenters. The van der Waals surface area contributed by atoms with Gasteiger partial charge >= 0.3 is 35.5 Å². The van der Waals surface area contributed by atoms with E-state index in [1.807, 2.05) is 0 Å². The molecule has 0 saturated heterocycles. The number of benzene rings is 1. The van der Waals surface area contributed by atoms with Gasteiger partial charge in [0.2, 0.25) is 0 Å². The van der Waals surface area contributed by atoms with Gasteiger partial charge in [-0.05, 0) is 18.2 Å². The van der Waals surface area contributed by atoms with Crippen molar-refractivity contribution in [3.8, 4) is 0 Å². The molecule has 0 spiro atoms. The van der Waals surface area contributed by atoms with Gasteiger partial charge in [0.05, 0.1) is 10.5 Å². The fourth-order valence-corrected chi connectivity index (χ4v) is 1.32. The third-order valence-electron chi connectivity index (χ3n) is 1.38. The third-order valence-corrected chi connectivity index (χ3v) is 2.23. The SMILES string of the molecule is O=C(O)c1cccc(S(=O)(=O)O)c1.[Na+]. The van der Waals surface area contributed by atoms with Gasteiger partial charge in [0.25, 0.3) is 10.1 Å². The Hall–Kier alpha value is -0.400. The van der Waals surface area contributed by atoms with Crippen LogP contribution in [0.1, 0.15) is 10.4 Å². The van der Waals surface area contributed by atoms with Crippen molar-refractivity contribution in [2.24, 2.45) is 0 Å². The van der Waals surface area contributed by atoms with Crippen LogP contribution in [0, 0.1) is 0 Å². The first-order valence-electron chi connectivity index (χ1n) is 3.22. The molecule has 1 aromatic carbocycles. The molecule has 0 aromatic heterocycles. The van der Waals surface area contributed by atoms with Crippen molar-refractivity contribution >= 4 is 16.1 Å². The van der Waals surface area contributed by atoms with Gasteiger partial charge in [0, 0.05) is 0 Å². The van der Waals surface area contributed by atoms with Crippen LogP contribution in [0.15, 0.2) is 29.2 Å². The second-order valence-electron chi connectivity index (χ2n) is 2.31. The van der Waals surface area contributed by atoms with Crippen molar-refractivity contribution in [3.05, 3.63) is 29.8 Å². The van der Waals surface area contributed by atoms with Gasteiger partial charge < -0.3 is 5.11 Å². The summed E-state index contributed by atoms with van der Waals surface area (Å²) in [6.45, 7) is 0. The number of rotatable bonds is 2. The fraction of sp³-hybridized carbons (Fsp3) is 0. The van der Waals surface area contributed by atoms with Crippen LogP contribution in [-0.4, -0.2) is 24.0 Å². The van der Waals surface area contributed by atoms with E-state index in [9.17, 15) is 13.2 Å². The summed E-state index contributed by atoms with van der Waals surface area (Å²) >= 11 is 0. The maximum Gasteiger partial charge on any atom is 1.00 e. The third kappa shape index (κ3) is 3.39. The maximum absolute atomic E-state index is 10.6. The Morgan fingerprint density at radius 1 is 1.29 bits per heavy atom. The monoisotopic (exact) mass is 225 g/mol. The van der Waals surface area contributed by atoms with Crippen molar-refractivity contribution in [1.29, 1.82) is 0 Å². The van der Waals surface area contributed by atoms with Crippen LogP contribution in [-0.2, 0) is 10.1 Å². The second-order valence-corrected chi connectivity index (χ2v) is 3.73. The zero-order chi connectivity index (χ0) is 10.1. The second kappa shape index (κ2) is 4.90. The quantitative estimate of drug-likeness (QED) is 0.434. The molecule has 0 atom stereocenters. The molecule has 0 aliphatic carbocycles. The predicted octanol–water partition coefficient (Wildman–Crippen LogP) is -2.36. The van der Waals surface area contributed by atoms with Crippen molar-refractivity contribution < 1.29 is 52.4 Å². The Morgan fingerprint density at radius 3 is 2.29 bits per heavy atom. The zero-order valence-electron chi connectivity index (χ0n) is 7.34. The van der Waals surface area contributed by atoms with Gasteiger partial charge in [-0.15, -0.1) is 0 Å². The maximum atomic E-state index is 10.6. The molecule has 0 radical (unpaired) electrons. The smallest absolute Gasteiger partial charge is 0.478 e. The fourth-order valence-electron chi connectivity index (χ4n) is 0.790. The number of hydrogen-bond donors (Lipinski definition) is 2. The molecule has 0 heterocycles. The average molecular weight is 225 g/mol. The standard InChI is InChI=1S/C7H6O5S.Na/c8-7(9)5-2-1-3-6(4-5)13(10,11)12;/h1-4H,(H,8,9)(H,10,11,12);/q;+1. The van der Waals surface area contributed by atoms with Gasteiger partial charge in [0.1, 0.15) is 0 Å². The summed E-state index contributed by atoms with van der Waals surface area (Å²) < 4.78 is 29.7. The number of carbonyl (C=O) groups is 1. The Kier molecular flexibility index (Phi) is 4.76. The molecule has 70 valence electrons. The van der Waals surface area contributed by atoms with E-state index >= 15 is 0 Å². The largest absolute Gasteiger partial charge is 1.00 e. The van der Waals surface area contributed by atoms with E-state index in [0.29, 0.717) is 0 Å². The van der Waals surface area contributed by atoms with E-state index in [1.54, 1.807) is 0 Å². The molecule has 0 aliphatic rings. The molecule has 2 N–H and O–H groups in total. The molecule has 0 bridgehead atoms. The van der Waals surface area contributed by atoms with Crippen LogP contribution >= 0.6 is 0 Å². The van der Waals surface area contributed by atoms with E-state index in [0.717, 1.165) is 12.1 Å². The summed E-state index contributed by atoms with van der Waals surface area (Å²) in [5, 5.41) is 8.50. The van der Waals surface area contributed by atoms with E-state index in [1.165, 1.54) is 12.1 Å². The summed E-state index contributed by atoms with van der Waals surface area (Å²) in [5.74, 6) is -1.24. The van der Waals surface area contributed by atoms with Gasteiger partial charge in [-0.2, -0.15) is 8.42 Å². The zero-order valence-corrected chi connectivity index (χ0v) is 10.2. The number of aromatic carboxylic acids is 1. The summed E-state index contributed by atoms with van der Waals surface area (Å²) in [5.41, 5.74) is -0.185. The van der Waals surface area contributed by atoms with Crippen LogP contribution < -0.4 is 29.6 Å². The minimum absolute atomic E-state index is 0. The van der Waals surface area contributed by atoms with E-state index < -0.39 is 21.0 Å². The Morgan fingerprint density at radius 2 is 1.86 bits per heavy atom. The summed E-state index contributed by atoms with van der Waals surface area (Å²) in [7, 11) is -4.32. The molecular weight excluding hydrogens is 219 g/mol. The molecule has 5 nitrogen and oxygen atoms in total. The first kappa shape index (κ1) is 13.6. The van der Waals surface area contributed by atoms with Crippen LogP contribution in [0.3, 0.4) is 0 Å². The van der Waals surface area contributed by atoms with E-state index in [-0.39, 0.29) is 35.1 Å². The molecule has 0 amide bonds. The molecule has 1 aromatic rings. The topological polar surface area (TPSA) is 91.7 Å². The number of carboxylic acid groups (broad SMARTS) is 1. The normalized spacial score (nSPS) is 10.4. The Balaban J connectivity index is 0.00000169. The average Bonchev–Trinajstić information content (AvgIpc) is 2.03. The molecule has 0 aliphatic heterocycles.